The molecule has 0 aliphatic rings. The molecule has 1 aromatic heterocycles. The number of benzene rings is 1. The van der Waals surface area contributed by atoms with Crippen LogP contribution in [0.3, 0.4) is 0 Å². The number of methoxy groups -OCH3 is 1. The molecule has 0 saturated carbocycles. The van der Waals surface area contributed by atoms with Crippen molar-refractivity contribution in [2.75, 3.05) is 19.0 Å². The van der Waals surface area contributed by atoms with E-state index in [4.69, 9.17) is 0 Å². The molecule has 0 spiro atoms. The van der Waals surface area contributed by atoms with Crippen molar-refractivity contribution < 1.29 is 19.1 Å². The molecule has 7 heteroatoms. The summed E-state index contributed by atoms with van der Waals surface area (Å²) >= 11 is 0. The number of hydrogen-bond donors (Lipinski definition) is 2. The second-order valence-electron chi connectivity index (χ2n) is 5.59. The zero-order valence-corrected chi connectivity index (χ0v) is 14.7. The summed E-state index contributed by atoms with van der Waals surface area (Å²) in [5.74, 6) is -1.11. The SMILES string of the molecule is CCCCNC(=O)c1cncc(C(=O)Nc2ccc(C(=O)OC)cc2)c1. The number of anilines is 1. The number of rotatable bonds is 7. The Morgan fingerprint density at radius 1 is 1.00 bits per heavy atom. The molecule has 0 radical (unpaired) electrons. The van der Waals surface area contributed by atoms with E-state index >= 15 is 0 Å². The highest BCUT2D eigenvalue weighted by molar-refractivity contribution is 6.06. The van der Waals surface area contributed by atoms with Crippen molar-refractivity contribution in [3.05, 3.63) is 59.4 Å². The lowest BCUT2D eigenvalue weighted by molar-refractivity contribution is 0.0600. The van der Waals surface area contributed by atoms with Crippen molar-refractivity contribution in [3.63, 3.8) is 0 Å². The molecule has 0 bridgehead atoms. The molecule has 0 aliphatic heterocycles. The van der Waals surface area contributed by atoms with E-state index in [0.29, 0.717) is 23.4 Å². The van der Waals surface area contributed by atoms with E-state index < -0.39 is 11.9 Å². The van der Waals surface area contributed by atoms with Crippen molar-refractivity contribution in [1.82, 2.24) is 10.3 Å². The third kappa shape index (κ3) is 5.14. The lowest BCUT2D eigenvalue weighted by atomic mass is 10.1. The highest BCUT2D eigenvalue weighted by Crippen LogP contribution is 2.12. The van der Waals surface area contributed by atoms with Crippen LogP contribution in [-0.2, 0) is 4.74 Å². The minimum Gasteiger partial charge on any atom is -0.465 e. The fraction of sp³-hybridized carbons (Fsp3) is 0.263. The number of ether oxygens (including phenoxy) is 1. The Morgan fingerprint density at radius 3 is 2.27 bits per heavy atom. The molecule has 1 aromatic carbocycles. The van der Waals surface area contributed by atoms with Crippen LogP contribution >= 0.6 is 0 Å². The Bertz CT molecular complexity index is 788. The number of hydrogen-bond acceptors (Lipinski definition) is 5. The van der Waals surface area contributed by atoms with Gasteiger partial charge in [0.05, 0.1) is 23.8 Å². The van der Waals surface area contributed by atoms with Gasteiger partial charge < -0.3 is 15.4 Å². The van der Waals surface area contributed by atoms with Gasteiger partial charge in [0.1, 0.15) is 0 Å². The monoisotopic (exact) mass is 355 g/mol. The standard InChI is InChI=1S/C19H21N3O4/c1-3-4-9-21-17(23)14-10-15(12-20-11-14)18(24)22-16-7-5-13(6-8-16)19(25)26-2/h5-8,10-12H,3-4,9H2,1-2H3,(H,21,23)(H,22,24). The fourth-order valence-corrected chi connectivity index (χ4v) is 2.18. The van der Waals surface area contributed by atoms with E-state index in [2.05, 4.69) is 20.4 Å². The van der Waals surface area contributed by atoms with Gasteiger partial charge in [-0.3, -0.25) is 14.6 Å². The van der Waals surface area contributed by atoms with Crippen LogP contribution in [0, 0.1) is 0 Å². The summed E-state index contributed by atoms with van der Waals surface area (Å²) in [5, 5.41) is 5.48. The molecule has 2 amide bonds. The number of carbonyl (C=O) groups excluding carboxylic acids is 3. The lowest BCUT2D eigenvalue weighted by Gasteiger charge is -2.08. The van der Waals surface area contributed by atoms with Gasteiger partial charge in [0, 0.05) is 24.6 Å². The average molecular weight is 355 g/mol. The van der Waals surface area contributed by atoms with Crippen LogP contribution in [0.4, 0.5) is 5.69 Å². The second kappa shape index (κ2) is 9.31. The van der Waals surface area contributed by atoms with Crippen molar-refractivity contribution in [2.24, 2.45) is 0 Å². The first-order valence-electron chi connectivity index (χ1n) is 8.28. The predicted octanol–water partition coefficient (Wildman–Crippen LogP) is 2.65. The quantitative estimate of drug-likeness (QED) is 0.588. The average Bonchev–Trinajstić information content (AvgIpc) is 2.68. The van der Waals surface area contributed by atoms with Crippen LogP contribution in [-0.4, -0.2) is 36.4 Å². The van der Waals surface area contributed by atoms with Crippen molar-refractivity contribution >= 4 is 23.5 Å². The van der Waals surface area contributed by atoms with Gasteiger partial charge in [0.15, 0.2) is 0 Å². The van der Waals surface area contributed by atoms with Crippen LogP contribution < -0.4 is 10.6 Å². The van der Waals surface area contributed by atoms with E-state index in [1.54, 1.807) is 24.3 Å². The van der Waals surface area contributed by atoms with Gasteiger partial charge >= 0.3 is 5.97 Å². The molecule has 7 nitrogen and oxygen atoms in total. The first-order valence-corrected chi connectivity index (χ1v) is 8.28. The number of nitrogens with one attached hydrogen (secondary N) is 2. The maximum atomic E-state index is 12.3. The molecule has 2 N–H and O–H groups in total. The minimum atomic E-state index is -0.450. The van der Waals surface area contributed by atoms with Crippen molar-refractivity contribution in [3.8, 4) is 0 Å². The summed E-state index contributed by atoms with van der Waals surface area (Å²) in [7, 11) is 1.30. The maximum absolute atomic E-state index is 12.3. The van der Waals surface area contributed by atoms with Gasteiger partial charge in [0.2, 0.25) is 0 Å². The number of pyridine rings is 1. The predicted molar refractivity (Wildman–Crippen MR) is 97.2 cm³/mol. The van der Waals surface area contributed by atoms with Gasteiger partial charge in [-0.15, -0.1) is 0 Å². The molecule has 2 aromatic rings. The number of unbranched alkanes of at least 4 members (excludes halogenated alkanes) is 1. The maximum Gasteiger partial charge on any atom is 0.337 e. The second-order valence-corrected chi connectivity index (χ2v) is 5.59. The first kappa shape index (κ1) is 19.1. The normalized spacial score (nSPS) is 10.1. The molecular formula is C19H21N3O4. The van der Waals surface area contributed by atoms with Gasteiger partial charge in [-0.2, -0.15) is 0 Å². The summed E-state index contributed by atoms with van der Waals surface area (Å²) in [6.07, 6.45) is 4.68. The molecule has 0 unspecified atom stereocenters. The molecule has 1 heterocycles. The smallest absolute Gasteiger partial charge is 0.337 e. The van der Waals surface area contributed by atoms with Crippen molar-refractivity contribution in [2.45, 2.75) is 19.8 Å². The van der Waals surface area contributed by atoms with Gasteiger partial charge in [-0.1, -0.05) is 13.3 Å². The molecular weight excluding hydrogens is 334 g/mol. The Morgan fingerprint density at radius 2 is 1.65 bits per heavy atom. The number of carbonyl (C=O) groups is 3. The van der Waals surface area contributed by atoms with Gasteiger partial charge in [0.25, 0.3) is 11.8 Å². The van der Waals surface area contributed by atoms with E-state index in [1.165, 1.54) is 25.6 Å². The molecule has 0 fully saturated rings. The van der Waals surface area contributed by atoms with Crippen LogP contribution in [0.15, 0.2) is 42.7 Å². The van der Waals surface area contributed by atoms with Crippen LogP contribution in [0.2, 0.25) is 0 Å². The number of aromatic nitrogens is 1. The molecule has 0 atom stereocenters. The Kier molecular flexibility index (Phi) is 6.84. The Labute approximate surface area is 151 Å². The van der Waals surface area contributed by atoms with E-state index in [-0.39, 0.29) is 11.5 Å². The van der Waals surface area contributed by atoms with Crippen LogP contribution in [0.1, 0.15) is 50.8 Å². The van der Waals surface area contributed by atoms with Crippen molar-refractivity contribution in [1.29, 1.82) is 0 Å². The van der Waals surface area contributed by atoms with E-state index in [0.717, 1.165) is 12.8 Å². The summed E-state index contributed by atoms with van der Waals surface area (Å²) in [6, 6.07) is 7.79. The first-order chi connectivity index (χ1) is 12.5. The zero-order valence-electron chi connectivity index (χ0n) is 14.7. The van der Waals surface area contributed by atoms with Gasteiger partial charge in [-0.05, 0) is 36.8 Å². The third-order valence-electron chi connectivity index (χ3n) is 3.64. The summed E-state index contributed by atoms with van der Waals surface area (Å²) in [4.78, 5) is 39.8. The number of amides is 2. The third-order valence-corrected chi connectivity index (χ3v) is 3.64. The topological polar surface area (TPSA) is 97.4 Å². The number of nitrogens with zero attached hydrogens (tertiary/aromatic N) is 1. The van der Waals surface area contributed by atoms with E-state index in [9.17, 15) is 14.4 Å². The largest absolute Gasteiger partial charge is 0.465 e. The van der Waals surface area contributed by atoms with Crippen LogP contribution in [0.25, 0.3) is 0 Å². The van der Waals surface area contributed by atoms with E-state index in [1.807, 2.05) is 6.92 Å². The highest BCUT2D eigenvalue weighted by atomic mass is 16.5. The lowest BCUT2D eigenvalue weighted by Crippen LogP contribution is -2.25. The molecule has 136 valence electrons. The van der Waals surface area contributed by atoms with Gasteiger partial charge in [-0.25, -0.2) is 4.79 Å². The zero-order chi connectivity index (χ0) is 18.9. The number of esters is 1. The minimum absolute atomic E-state index is 0.261. The summed E-state index contributed by atoms with van der Waals surface area (Å²) in [6.45, 7) is 2.62. The summed E-state index contributed by atoms with van der Waals surface area (Å²) < 4.78 is 4.62. The van der Waals surface area contributed by atoms with Crippen LogP contribution in [0.5, 0.6) is 0 Å². The molecule has 26 heavy (non-hydrogen) atoms. The molecule has 0 saturated heterocycles. The fourth-order valence-electron chi connectivity index (χ4n) is 2.18. The Balaban J connectivity index is 2.04. The highest BCUT2D eigenvalue weighted by Gasteiger charge is 2.12. The molecule has 2 rings (SSSR count). The Hall–Kier alpha value is -3.22. The summed E-state index contributed by atoms with van der Waals surface area (Å²) in [5.41, 5.74) is 1.50. The molecule has 0 aliphatic carbocycles.